The van der Waals surface area contributed by atoms with Gasteiger partial charge in [0.05, 0.1) is 10.9 Å². The normalized spacial score (nSPS) is 10.9. The molecule has 5 heteroatoms. The van der Waals surface area contributed by atoms with Crippen molar-refractivity contribution in [2.75, 3.05) is 20.1 Å². The van der Waals surface area contributed by atoms with Crippen LogP contribution >= 0.6 is 15.9 Å². The van der Waals surface area contributed by atoms with Gasteiger partial charge in [-0.2, -0.15) is 0 Å². The molecule has 0 heterocycles. The first-order chi connectivity index (χ1) is 6.32. The maximum absolute atomic E-state index is 11.7. The van der Waals surface area contributed by atoms with Crippen molar-refractivity contribution in [1.82, 2.24) is 10.2 Å². The number of likely N-dealkylation sites (N-methyl/N-ethyl adjacent to an activating group) is 2. The Kier molecular flexibility index (Phi) is 5.12. The molecule has 1 N–H and O–H groups in total. The first-order valence-electron chi connectivity index (χ1n) is 4.51. The fourth-order valence-electron chi connectivity index (χ4n) is 0.956. The average Bonchev–Trinajstić information content (AvgIpc) is 2.11. The van der Waals surface area contributed by atoms with Crippen molar-refractivity contribution in [2.24, 2.45) is 0 Å². The summed E-state index contributed by atoms with van der Waals surface area (Å²) in [6, 6.07) is 0. The summed E-state index contributed by atoms with van der Waals surface area (Å²) in [5.41, 5.74) is 0. The molecule has 0 aromatic heterocycles. The standard InChI is InChI=1S/C9H17BrN2O2/c1-5-12(6-7(13)11-4)8(14)9(2,3)10/h5-6H2,1-4H3,(H,11,13). The van der Waals surface area contributed by atoms with Gasteiger partial charge in [-0.3, -0.25) is 9.59 Å². The van der Waals surface area contributed by atoms with Gasteiger partial charge in [0.25, 0.3) is 0 Å². The second-order valence-corrected chi connectivity index (χ2v) is 5.45. The largest absolute Gasteiger partial charge is 0.358 e. The number of halogens is 1. The Morgan fingerprint density at radius 1 is 1.43 bits per heavy atom. The molecule has 0 aliphatic heterocycles. The number of nitrogens with one attached hydrogen (secondary N) is 1. The van der Waals surface area contributed by atoms with E-state index in [2.05, 4.69) is 21.2 Å². The number of alkyl halides is 1. The molecule has 0 aromatic rings. The van der Waals surface area contributed by atoms with Gasteiger partial charge in [-0.15, -0.1) is 0 Å². The van der Waals surface area contributed by atoms with Crippen molar-refractivity contribution in [3.8, 4) is 0 Å². The quantitative estimate of drug-likeness (QED) is 0.763. The molecule has 0 bridgehead atoms. The summed E-state index contributed by atoms with van der Waals surface area (Å²) in [5.74, 6) is -0.236. The summed E-state index contributed by atoms with van der Waals surface area (Å²) in [6.07, 6.45) is 0. The lowest BCUT2D eigenvalue weighted by Gasteiger charge is -2.26. The highest BCUT2D eigenvalue weighted by Gasteiger charge is 2.29. The molecule has 0 saturated heterocycles. The molecular formula is C9H17BrN2O2. The van der Waals surface area contributed by atoms with E-state index in [1.807, 2.05) is 6.92 Å². The molecule has 0 spiro atoms. The van der Waals surface area contributed by atoms with E-state index in [0.717, 1.165) is 0 Å². The molecule has 0 fully saturated rings. The van der Waals surface area contributed by atoms with Crippen molar-refractivity contribution >= 4 is 27.7 Å². The Morgan fingerprint density at radius 3 is 2.21 bits per heavy atom. The van der Waals surface area contributed by atoms with Gasteiger partial charge in [0.1, 0.15) is 0 Å². The third-order valence-electron chi connectivity index (χ3n) is 1.79. The second kappa shape index (κ2) is 5.34. The molecule has 2 amide bonds. The fraction of sp³-hybridized carbons (Fsp3) is 0.778. The molecule has 0 unspecified atom stereocenters. The fourth-order valence-corrected chi connectivity index (χ4v) is 1.21. The summed E-state index contributed by atoms with van der Waals surface area (Å²) in [4.78, 5) is 24.3. The van der Waals surface area contributed by atoms with Crippen molar-refractivity contribution in [3.63, 3.8) is 0 Å². The Bertz CT molecular complexity index is 223. The van der Waals surface area contributed by atoms with Crippen LogP contribution in [0, 0.1) is 0 Å². The monoisotopic (exact) mass is 264 g/mol. The summed E-state index contributed by atoms with van der Waals surface area (Å²) in [6.45, 7) is 6.02. The molecular weight excluding hydrogens is 248 g/mol. The van der Waals surface area contributed by atoms with Crippen LogP contribution in [0.2, 0.25) is 0 Å². The minimum atomic E-state index is -0.614. The van der Waals surface area contributed by atoms with E-state index in [1.165, 1.54) is 4.90 Å². The van der Waals surface area contributed by atoms with Crippen LogP contribution in [0.4, 0.5) is 0 Å². The molecule has 4 nitrogen and oxygen atoms in total. The van der Waals surface area contributed by atoms with E-state index in [1.54, 1.807) is 20.9 Å². The van der Waals surface area contributed by atoms with Crippen molar-refractivity contribution in [2.45, 2.75) is 25.1 Å². The number of rotatable bonds is 4. The van der Waals surface area contributed by atoms with Crippen LogP contribution in [0.5, 0.6) is 0 Å². The Morgan fingerprint density at radius 2 is 1.93 bits per heavy atom. The lowest BCUT2D eigenvalue weighted by atomic mass is 10.2. The third kappa shape index (κ3) is 4.09. The van der Waals surface area contributed by atoms with E-state index in [0.29, 0.717) is 6.54 Å². The van der Waals surface area contributed by atoms with Gasteiger partial charge in [-0.1, -0.05) is 15.9 Å². The van der Waals surface area contributed by atoms with Crippen molar-refractivity contribution < 1.29 is 9.59 Å². The van der Waals surface area contributed by atoms with Crippen LogP contribution in [-0.4, -0.2) is 41.2 Å². The first kappa shape index (κ1) is 13.4. The van der Waals surface area contributed by atoms with Crippen molar-refractivity contribution in [1.29, 1.82) is 0 Å². The summed E-state index contributed by atoms with van der Waals surface area (Å²) >= 11 is 3.27. The van der Waals surface area contributed by atoms with Gasteiger partial charge in [0, 0.05) is 13.6 Å². The maximum Gasteiger partial charge on any atom is 0.239 e. The molecule has 0 rings (SSSR count). The molecule has 0 aromatic carbocycles. The number of carbonyl (C=O) groups is 2. The van der Waals surface area contributed by atoms with Gasteiger partial charge < -0.3 is 10.2 Å². The van der Waals surface area contributed by atoms with Crippen LogP contribution in [0.1, 0.15) is 20.8 Å². The van der Waals surface area contributed by atoms with Crippen LogP contribution in [0.25, 0.3) is 0 Å². The number of nitrogens with zero attached hydrogens (tertiary/aromatic N) is 1. The van der Waals surface area contributed by atoms with Gasteiger partial charge in [-0.05, 0) is 20.8 Å². The maximum atomic E-state index is 11.7. The molecule has 14 heavy (non-hydrogen) atoms. The number of amides is 2. The molecule has 0 aliphatic rings. The summed E-state index contributed by atoms with van der Waals surface area (Å²) in [5, 5.41) is 2.49. The van der Waals surface area contributed by atoms with Crippen LogP contribution in [0.15, 0.2) is 0 Å². The van der Waals surface area contributed by atoms with Crippen LogP contribution in [-0.2, 0) is 9.59 Å². The minimum absolute atomic E-state index is 0.0800. The lowest BCUT2D eigenvalue weighted by Crippen LogP contribution is -2.46. The third-order valence-corrected chi connectivity index (χ3v) is 2.13. The van der Waals surface area contributed by atoms with Crippen LogP contribution < -0.4 is 5.32 Å². The van der Waals surface area contributed by atoms with E-state index < -0.39 is 4.32 Å². The minimum Gasteiger partial charge on any atom is -0.358 e. The molecule has 0 aliphatic carbocycles. The summed E-state index contributed by atoms with van der Waals surface area (Å²) < 4.78 is -0.614. The summed E-state index contributed by atoms with van der Waals surface area (Å²) in [7, 11) is 1.56. The average molecular weight is 265 g/mol. The Balaban J connectivity index is 4.42. The number of carbonyl (C=O) groups excluding carboxylic acids is 2. The molecule has 0 saturated carbocycles. The molecule has 0 radical (unpaired) electrons. The number of hydrogen-bond acceptors (Lipinski definition) is 2. The highest BCUT2D eigenvalue weighted by atomic mass is 79.9. The second-order valence-electron chi connectivity index (χ2n) is 3.46. The van der Waals surface area contributed by atoms with Gasteiger partial charge in [-0.25, -0.2) is 0 Å². The van der Waals surface area contributed by atoms with Crippen LogP contribution in [0.3, 0.4) is 0 Å². The Labute approximate surface area is 93.2 Å². The van der Waals surface area contributed by atoms with Gasteiger partial charge in [0.2, 0.25) is 11.8 Å². The lowest BCUT2D eigenvalue weighted by molar-refractivity contribution is -0.136. The zero-order chi connectivity index (χ0) is 11.4. The smallest absolute Gasteiger partial charge is 0.239 e. The SMILES string of the molecule is CCN(CC(=O)NC)C(=O)C(C)(C)Br. The molecule has 0 atom stereocenters. The van der Waals surface area contributed by atoms with E-state index >= 15 is 0 Å². The highest BCUT2D eigenvalue weighted by molar-refractivity contribution is 9.10. The van der Waals surface area contributed by atoms with Crippen molar-refractivity contribution in [3.05, 3.63) is 0 Å². The van der Waals surface area contributed by atoms with E-state index in [4.69, 9.17) is 0 Å². The van der Waals surface area contributed by atoms with Gasteiger partial charge in [0.15, 0.2) is 0 Å². The zero-order valence-electron chi connectivity index (χ0n) is 9.06. The number of hydrogen-bond donors (Lipinski definition) is 1. The first-order valence-corrected chi connectivity index (χ1v) is 5.31. The highest BCUT2D eigenvalue weighted by Crippen LogP contribution is 2.18. The predicted molar refractivity (Wildman–Crippen MR) is 59.3 cm³/mol. The Hall–Kier alpha value is -0.580. The molecule has 82 valence electrons. The predicted octanol–water partition coefficient (Wildman–Crippen LogP) is 0.754. The topological polar surface area (TPSA) is 49.4 Å². The van der Waals surface area contributed by atoms with E-state index in [-0.39, 0.29) is 18.4 Å². The van der Waals surface area contributed by atoms with Gasteiger partial charge >= 0.3 is 0 Å². The zero-order valence-corrected chi connectivity index (χ0v) is 10.6. The van der Waals surface area contributed by atoms with E-state index in [9.17, 15) is 9.59 Å².